The Bertz CT molecular complexity index is 770. The first-order valence-corrected chi connectivity index (χ1v) is 6.55. The van der Waals surface area contributed by atoms with Crippen molar-refractivity contribution >= 4 is 16.9 Å². The minimum atomic E-state index is -0.723. The molecule has 0 aliphatic heterocycles. The summed E-state index contributed by atoms with van der Waals surface area (Å²) in [5, 5.41) is 0.0919. The molecule has 0 spiro atoms. The fourth-order valence-electron chi connectivity index (χ4n) is 2.10. The van der Waals surface area contributed by atoms with Crippen LogP contribution in [0.15, 0.2) is 35.8 Å². The zero-order chi connectivity index (χ0) is 15.6. The number of nitrogens with zero attached hydrogens (tertiary/aromatic N) is 1. The number of fused-ring (bicyclic) bond motifs is 1. The summed E-state index contributed by atoms with van der Waals surface area (Å²) in [7, 11) is 0. The van der Waals surface area contributed by atoms with Crippen molar-refractivity contribution in [1.29, 1.82) is 0 Å². The second-order valence-corrected chi connectivity index (χ2v) is 4.54. The van der Waals surface area contributed by atoms with Gasteiger partial charge in [0.1, 0.15) is 11.0 Å². The summed E-state index contributed by atoms with van der Waals surface area (Å²) in [5.41, 5.74) is -0.567. The molecule has 1 unspecified atom stereocenters. The van der Waals surface area contributed by atoms with Crippen LogP contribution in [0.4, 0.5) is 4.39 Å². The van der Waals surface area contributed by atoms with Gasteiger partial charge >= 0.3 is 5.97 Å². The number of pyridine rings is 1. The summed E-state index contributed by atoms with van der Waals surface area (Å²) >= 11 is 0. The molecule has 1 radical (unpaired) electrons. The summed E-state index contributed by atoms with van der Waals surface area (Å²) in [4.78, 5) is 24.2. The van der Waals surface area contributed by atoms with Gasteiger partial charge in [-0.3, -0.25) is 4.39 Å². The molecule has 0 saturated heterocycles. The maximum atomic E-state index is 14.1. The van der Waals surface area contributed by atoms with Crippen molar-refractivity contribution in [1.82, 2.24) is 4.57 Å². The molecule has 22 heavy (non-hydrogen) atoms. The molecule has 0 N–H and O–H groups in total. The third kappa shape index (κ3) is 3.36. The van der Waals surface area contributed by atoms with Crippen molar-refractivity contribution in [3.05, 3.63) is 58.7 Å². The molecule has 1 heterocycles. The van der Waals surface area contributed by atoms with Gasteiger partial charge in [-0.1, -0.05) is 11.5 Å². The molecule has 113 valence electrons. The second kappa shape index (κ2) is 7.79. The Labute approximate surface area is 152 Å². The van der Waals surface area contributed by atoms with Gasteiger partial charge in [-0.15, -0.1) is 12.6 Å². The van der Waals surface area contributed by atoms with E-state index in [1.807, 2.05) is 0 Å². The molecule has 6 heteroatoms. The van der Waals surface area contributed by atoms with Crippen molar-refractivity contribution in [2.24, 2.45) is 0 Å². The second-order valence-electron chi connectivity index (χ2n) is 4.54. The number of halogens is 1. The van der Waals surface area contributed by atoms with Gasteiger partial charge in [0.2, 0.25) is 0 Å². The van der Waals surface area contributed by atoms with Crippen molar-refractivity contribution in [3.63, 3.8) is 0 Å². The van der Waals surface area contributed by atoms with E-state index in [1.165, 1.54) is 16.8 Å². The standard InChI is InChI=1S/C16H15FNO3.Y/c1-4-10(3)18-9-12(16(20)21-5-2)15(19)11-7-6-8-13(17)14(11)18;/h4,7-10H,1,5H2,2-3H3;/q-1;. The summed E-state index contributed by atoms with van der Waals surface area (Å²) in [6, 6.07) is 4.79. The molecular weight excluding hydrogens is 362 g/mol. The predicted molar refractivity (Wildman–Crippen MR) is 77.9 cm³/mol. The van der Waals surface area contributed by atoms with Crippen LogP contribution < -0.4 is 5.43 Å². The third-order valence-electron chi connectivity index (χ3n) is 3.21. The van der Waals surface area contributed by atoms with E-state index in [0.717, 1.165) is 6.07 Å². The van der Waals surface area contributed by atoms with Gasteiger partial charge in [0.25, 0.3) is 0 Å². The molecule has 0 fully saturated rings. The number of rotatable bonds is 4. The molecule has 0 aliphatic rings. The number of hydrogen-bond donors (Lipinski definition) is 0. The Morgan fingerprint density at radius 1 is 1.55 bits per heavy atom. The molecule has 0 aliphatic carbocycles. The number of carbonyl (C=O) groups is 1. The van der Waals surface area contributed by atoms with Crippen LogP contribution in [0, 0.1) is 11.9 Å². The smallest absolute Gasteiger partial charge is 0.342 e. The fraction of sp³-hybridized carbons (Fsp3) is 0.250. The Morgan fingerprint density at radius 3 is 2.82 bits per heavy atom. The van der Waals surface area contributed by atoms with Crippen molar-refractivity contribution < 1.29 is 46.6 Å². The largest absolute Gasteiger partial charge is 0.462 e. The number of allylic oxidation sites excluding steroid dienone is 1. The van der Waals surface area contributed by atoms with Gasteiger partial charge in [-0.05, 0) is 19.4 Å². The molecule has 0 amide bonds. The van der Waals surface area contributed by atoms with Gasteiger partial charge < -0.3 is 14.1 Å². The fourth-order valence-corrected chi connectivity index (χ4v) is 2.10. The van der Waals surface area contributed by atoms with Crippen molar-refractivity contribution in [2.45, 2.75) is 19.9 Å². The maximum Gasteiger partial charge on any atom is 0.342 e. The van der Waals surface area contributed by atoms with Gasteiger partial charge in [-0.2, -0.15) is 12.1 Å². The molecule has 4 nitrogen and oxygen atoms in total. The average Bonchev–Trinajstić information content (AvgIpc) is 2.47. The molecule has 1 aromatic heterocycles. The molecule has 0 bridgehead atoms. The van der Waals surface area contributed by atoms with E-state index in [4.69, 9.17) is 4.74 Å². The van der Waals surface area contributed by atoms with Gasteiger partial charge in [0.15, 0.2) is 0 Å². The van der Waals surface area contributed by atoms with Crippen molar-refractivity contribution in [2.75, 3.05) is 6.61 Å². The Morgan fingerprint density at radius 2 is 2.23 bits per heavy atom. The van der Waals surface area contributed by atoms with Gasteiger partial charge in [0, 0.05) is 50.8 Å². The number of esters is 1. The zero-order valence-corrected chi connectivity index (χ0v) is 15.3. The first-order chi connectivity index (χ1) is 10.0. The SMILES string of the molecule is C=CC(C)n1cc(C(=O)OCC)c(=O)c2c[c-]cc(F)c21.[Y]. The van der Waals surface area contributed by atoms with Crippen LogP contribution in [-0.4, -0.2) is 17.1 Å². The normalized spacial score (nSPS) is 11.6. The maximum absolute atomic E-state index is 14.1. The Balaban J connectivity index is 0.00000242. The molecular formula is C16H15FNO3Y-. The van der Waals surface area contributed by atoms with Gasteiger partial charge in [-0.25, -0.2) is 4.79 Å². The summed E-state index contributed by atoms with van der Waals surface area (Å²) < 4.78 is 20.4. The van der Waals surface area contributed by atoms with Crippen LogP contribution in [0.5, 0.6) is 0 Å². The molecule has 2 aromatic rings. The van der Waals surface area contributed by atoms with E-state index >= 15 is 0 Å². The van der Waals surface area contributed by atoms with E-state index in [-0.39, 0.29) is 61.8 Å². The molecule has 2 rings (SSSR count). The summed E-state index contributed by atoms with van der Waals surface area (Å²) in [5.74, 6) is -1.30. The number of ether oxygens (including phenoxy) is 1. The van der Waals surface area contributed by atoms with Crippen molar-refractivity contribution in [3.8, 4) is 0 Å². The number of aromatic nitrogens is 1. The molecule has 0 saturated carbocycles. The minimum Gasteiger partial charge on any atom is -0.462 e. The first kappa shape index (κ1) is 18.7. The first-order valence-electron chi connectivity index (χ1n) is 6.55. The quantitative estimate of drug-likeness (QED) is 0.468. The van der Waals surface area contributed by atoms with Crippen LogP contribution >= 0.6 is 0 Å². The number of hydrogen-bond acceptors (Lipinski definition) is 3. The molecule has 1 aromatic carbocycles. The van der Waals surface area contributed by atoms with E-state index in [9.17, 15) is 14.0 Å². The van der Waals surface area contributed by atoms with Crippen LogP contribution in [0.2, 0.25) is 0 Å². The van der Waals surface area contributed by atoms with E-state index in [1.54, 1.807) is 19.9 Å². The van der Waals surface area contributed by atoms with E-state index < -0.39 is 17.2 Å². The Hall–Kier alpha value is -1.33. The van der Waals surface area contributed by atoms with E-state index in [0.29, 0.717) is 0 Å². The zero-order valence-electron chi connectivity index (χ0n) is 12.4. The van der Waals surface area contributed by atoms with Crippen LogP contribution in [0.1, 0.15) is 30.2 Å². The topological polar surface area (TPSA) is 48.3 Å². The van der Waals surface area contributed by atoms with Crippen LogP contribution in [0.25, 0.3) is 10.9 Å². The Kier molecular flexibility index (Phi) is 6.63. The minimum absolute atomic E-state index is 0. The third-order valence-corrected chi connectivity index (χ3v) is 3.21. The number of carbonyl (C=O) groups excluding carboxylic acids is 1. The summed E-state index contributed by atoms with van der Waals surface area (Å²) in [6.45, 7) is 7.25. The van der Waals surface area contributed by atoms with Gasteiger partial charge in [0.05, 0.1) is 6.61 Å². The monoisotopic (exact) mass is 377 g/mol. The average molecular weight is 377 g/mol. The van der Waals surface area contributed by atoms with Crippen LogP contribution in [-0.2, 0) is 37.4 Å². The summed E-state index contributed by atoms with van der Waals surface area (Å²) in [6.07, 6.45) is 2.91. The predicted octanol–water partition coefficient (Wildman–Crippen LogP) is 2.86. The number of benzene rings is 1. The van der Waals surface area contributed by atoms with E-state index in [2.05, 4.69) is 12.6 Å². The molecule has 1 atom stereocenters. The van der Waals surface area contributed by atoms with Crippen LogP contribution in [0.3, 0.4) is 0 Å².